The molecule has 0 atom stereocenters. The van der Waals surface area contributed by atoms with Gasteiger partial charge in [0.15, 0.2) is 8.32 Å². The summed E-state index contributed by atoms with van der Waals surface area (Å²) in [6.45, 7) is 18.2. The van der Waals surface area contributed by atoms with Gasteiger partial charge in [-0.05, 0) is 51.0 Å². The summed E-state index contributed by atoms with van der Waals surface area (Å²) in [5.41, 5.74) is 12.3. The lowest BCUT2D eigenvalue weighted by molar-refractivity contribution is 0.0534. The molecule has 9 nitrogen and oxygen atoms in total. The first kappa shape index (κ1) is 30.3. The fraction of sp³-hybridized carbons (Fsp3) is 0.600. The Kier molecular flexibility index (Phi) is 11.1. The van der Waals surface area contributed by atoms with E-state index >= 15 is 0 Å². The molecule has 1 rings (SSSR count). The largest absolute Gasteiger partial charge is 0.491 e. The Morgan fingerprint density at radius 3 is 2.23 bits per heavy atom. The maximum absolute atomic E-state index is 11.7. The van der Waals surface area contributed by atoms with Crippen molar-refractivity contribution in [2.24, 2.45) is 5.73 Å². The summed E-state index contributed by atoms with van der Waals surface area (Å²) in [4.78, 5) is 23.4. The van der Waals surface area contributed by atoms with Gasteiger partial charge in [-0.2, -0.15) is 0 Å². The topological polar surface area (TPSA) is 138 Å². The Hall–Kier alpha value is -2.72. The zero-order chi connectivity index (χ0) is 26.9. The number of hydrogen-bond donors (Lipinski definition) is 4. The Morgan fingerprint density at radius 1 is 1.03 bits per heavy atom. The number of carbonyl (C=O) groups is 2. The Morgan fingerprint density at radius 2 is 1.66 bits per heavy atom. The normalized spacial score (nSPS) is 12.5. The van der Waals surface area contributed by atoms with Crippen molar-refractivity contribution in [2.45, 2.75) is 71.7 Å². The molecule has 1 aromatic rings. The van der Waals surface area contributed by atoms with Crippen LogP contribution in [0.3, 0.4) is 0 Å². The molecule has 0 bridgehead atoms. The first-order valence-corrected chi connectivity index (χ1v) is 14.8. The maximum Gasteiger partial charge on any atom is 0.407 e. The van der Waals surface area contributed by atoms with E-state index in [0.29, 0.717) is 49.8 Å². The number of nitrogens with two attached hydrogens (primary N) is 2. The quantitative estimate of drug-likeness (QED) is 0.139. The van der Waals surface area contributed by atoms with Gasteiger partial charge in [0.2, 0.25) is 5.91 Å². The molecular weight excluding hydrogens is 464 g/mol. The van der Waals surface area contributed by atoms with Gasteiger partial charge < -0.3 is 36.0 Å². The minimum atomic E-state index is -1.82. The third-order valence-electron chi connectivity index (χ3n) is 5.56. The molecule has 0 aliphatic carbocycles. The molecule has 0 saturated carbocycles. The number of carbonyl (C=O) groups excluding carboxylic acids is 2. The number of hydrogen-bond acceptors (Lipinski definition) is 7. The van der Waals surface area contributed by atoms with Crippen molar-refractivity contribution in [3.8, 4) is 5.75 Å². The van der Waals surface area contributed by atoms with E-state index in [2.05, 4.69) is 44.5 Å². The molecule has 0 unspecified atom stereocenters. The number of nitrogens with one attached hydrogen (secondary N) is 2. The lowest BCUT2D eigenvalue weighted by Crippen LogP contribution is -2.41. The van der Waals surface area contributed by atoms with Crippen LogP contribution >= 0.6 is 0 Å². The van der Waals surface area contributed by atoms with Crippen LogP contribution in [0.4, 0.5) is 16.2 Å². The molecule has 1 aromatic carbocycles. The highest BCUT2D eigenvalue weighted by molar-refractivity contribution is 6.74. The number of rotatable bonds is 12. The fourth-order valence-electron chi connectivity index (χ4n) is 2.65. The second kappa shape index (κ2) is 12.8. The van der Waals surface area contributed by atoms with E-state index in [9.17, 15) is 9.59 Å². The number of primary amides is 1. The van der Waals surface area contributed by atoms with Gasteiger partial charge in [0.1, 0.15) is 17.0 Å². The number of nitrogen functional groups attached to an aromatic ring is 1. The van der Waals surface area contributed by atoms with Crippen molar-refractivity contribution in [3.05, 3.63) is 29.8 Å². The third kappa shape index (κ3) is 11.0. The van der Waals surface area contributed by atoms with E-state index in [1.54, 1.807) is 32.9 Å². The number of amides is 2. The predicted molar refractivity (Wildman–Crippen MR) is 144 cm³/mol. The molecule has 198 valence electrons. The highest BCUT2D eigenvalue weighted by Gasteiger charge is 2.36. The first-order chi connectivity index (χ1) is 16.0. The van der Waals surface area contributed by atoms with E-state index in [-0.39, 0.29) is 10.6 Å². The molecule has 0 aromatic heterocycles. The van der Waals surface area contributed by atoms with Crippen molar-refractivity contribution in [1.82, 2.24) is 5.32 Å². The second-order valence-electron chi connectivity index (χ2n) is 10.8. The summed E-state index contributed by atoms with van der Waals surface area (Å²) in [7, 11) is -1.82. The molecule has 0 heterocycles. The Balaban J connectivity index is 2.69. The zero-order valence-electron chi connectivity index (χ0n) is 22.5. The van der Waals surface area contributed by atoms with Gasteiger partial charge in [-0.1, -0.05) is 32.9 Å². The highest BCUT2D eigenvalue weighted by atomic mass is 28.4. The van der Waals surface area contributed by atoms with Gasteiger partial charge in [-0.3, -0.25) is 4.79 Å². The minimum absolute atomic E-state index is 0.144. The second-order valence-corrected chi connectivity index (χ2v) is 15.7. The average molecular weight is 509 g/mol. The van der Waals surface area contributed by atoms with Gasteiger partial charge in [0, 0.05) is 31.7 Å². The Bertz CT molecular complexity index is 889. The predicted octanol–water partition coefficient (Wildman–Crippen LogP) is 4.65. The van der Waals surface area contributed by atoms with Crippen molar-refractivity contribution in [1.29, 1.82) is 0 Å². The molecule has 6 N–H and O–H groups in total. The summed E-state index contributed by atoms with van der Waals surface area (Å²) in [6, 6.07) is 3.11. The van der Waals surface area contributed by atoms with Gasteiger partial charge in [0.05, 0.1) is 12.3 Å². The highest BCUT2D eigenvalue weighted by Crippen LogP contribution is 2.36. The summed E-state index contributed by atoms with van der Waals surface area (Å²) < 4.78 is 17.3. The molecule has 0 aliphatic rings. The molecule has 0 aliphatic heterocycles. The van der Waals surface area contributed by atoms with E-state index in [4.69, 9.17) is 25.4 Å². The minimum Gasteiger partial charge on any atom is -0.491 e. The van der Waals surface area contributed by atoms with Crippen LogP contribution in [0.5, 0.6) is 5.75 Å². The van der Waals surface area contributed by atoms with Gasteiger partial charge in [-0.15, -0.1) is 0 Å². The lowest BCUT2D eigenvalue weighted by Gasteiger charge is -2.36. The maximum atomic E-state index is 11.7. The Labute approximate surface area is 211 Å². The lowest BCUT2D eigenvalue weighted by atomic mass is 10.1. The summed E-state index contributed by atoms with van der Waals surface area (Å²) >= 11 is 0. The monoisotopic (exact) mass is 508 g/mol. The summed E-state index contributed by atoms with van der Waals surface area (Å²) in [5, 5.41) is 6.00. The van der Waals surface area contributed by atoms with Crippen LogP contribution in [0.1, 0.15) is 58.3 Å². The van der Waals surface area contributed by atoms with Crippen LogP contribution in [-0.2, 0) is 9.16 Å². The zero-order valence-corrected chi connectivity index (χ0v) is 23.5. The molecule has 0 radical (unpaired) electrons. The molecule has 10 heteroatoms. The van der Waals surface area contributed by atoms with Crippen LogP contribution < -0.4 is 26.8 Å². The van der Waals surface area contributed by atoms with E-state index in [1.807, 2.05) is 6.08 Å². The van der Waals surface area contributed by atoms with Crippen LogP contribution in [0.15, 0.2) is 24.3 Å². The number of alkyl carbamates (subject to hydrolysis) is 1. The molecule has 0 saturated heterocycles. The number of ether oxygens (including phenoxy) is 2. The summed E-state index contributed by atoms with van der Waals surface area (Å²) in [5.74, 6) is -0.131. The smallest absolute Gasteiger partial charge is 0.407 e. The molecule has 0 fully saturated rings. The molecule has 35 heavy (non-hydrogen) atoms. The van der Waals surface area contributed by atoms with E-state index < -0.39 is 25.9 Å². The number of benzene rings is 1. The van der Waals surface area contributed by atoms with Crippen LogP contribution in [0.2, 0.25) is 18.1 Å². The molecular formula is C25H44N4O5Si. The van der Waals surface area contributed by atoms with Crippen molar-refractivity contribution in [3.63, 3.8) is 0 Å². The third-order valence-corrected chi connectivity index (χ3v) is 10.1. The fourth-order valence-corrected chi connectivity index (χ4v) is 3.74. The average Bonchev–Trinajstić information content (AvgIpc) is 2.69. The van der Waals surface area contributed by atoms with Crippen LogP contribution in [0, 0.1) is 0 Å². The van der Waals surface area contributed by atoms with Crippen molar-refractivity contribution in [2.75, 3.05) is 37.4 Å². The SMILES string of the molecule is CC(C)(C)OC(=O)NC/C=C/CNc1c(N)cc(C(N)=O)cc1OCCCO[Si](C)(C)C(C)(C)C. The van der Waals surface area contributed by atoms with Crippen LogP contribution in [-0.4, -0.2) is 52.2 Å². The van der Waals surface area contributed by atoms with E-state index in [1.165, 1.54) is 6.07 Å². The van der Waals surface area contributed by atoms with Crippen molar-refractivity contribution >= 4 is 31.7 Å². The van der Waals surface area contributed by atoms with Crippen LogP contribution in [0.25, 0.3) is 0 Å². The molecule has 2 amide bonds. The van der Waals surface area contributed by atoms with Gasteiger partial charge in [-0.25, -0.2) is 4.79 Å². The summed E-state index contributed by atoms with van der Waals surface area (Å²) in [6.07, 6.45) is 3.86. The number of anilines is 2. The molecule has 0 spiro atoms. The van der Waals surface area contributed by atoms with Gasteiger partial charge >= 0.3 is 6.09 Å². The van der Waals surface area contributed by atoms with Gasteiger partial charge in [0.25, 0.3) is 0 Å². The van der Waals surface area contributed by atoms with E-state index in [0.717, 1.165) is 0 Å². The standard InChI is InChI=1S/C25H44N4O5Si/c1-24(2,3)34-23(31)29-13-10-9-12-28-21-19(26)16-18(22(27)30)17-20(21)32-14-11-15-33-35(7,8)25(4,5)6/h9-10,16-17,28H,11-15,26H2,1-8H3,(H2,27,30)(H,29,31)/b10-9+. The van der Waals surface area contributed by atoms with Crippen molar-refractivity contribution < 1.29 is 23.5 Å². The first-order valence-electron chi connectivity index (χ1n) is 11.9.